The first kappa shape index (κ1) is 12.8. The maximum absolute atomic E-state index is 5.67. The summed E-state index contributed by atoms with van der Waals surface area (Å²) in [6.07, 6.45) is 2.15. The lowest BCUT2D eigenvalue weighted by molar-refractivity contribution is 0.747. The first-order valence-electron chi connectivity index (χ1n) is 6.87. The lowest BCUT2D eigenvalue weighted by Crippen LogP contribution is -2.12. The number of nitrogens with one attached hydrogen (secondary N) is 1. The molecule has 1 aromatic carbocycles. The Morgan fingerprint density at radius 3 is 2.60 bits per heavy atom. The zero-order chi connectivity index (χ0) is 14.3. The zero-order valence-electron chi connectivity index (χ0n) is 12.1. The Bertz CT molecular complexity index is 645. The third kappa shape index (κ3) is 2.31. The van der Waals surface area contributed by atoms with Gasteiger partial charge in [0, 0.05) is 0 Å². The van der Waals surface area contributed by atoms with Crippen LogP contribution < -0.4 is 11.1 Å². The molecule has 5 nitrogen and oxygen atoms in total. The number of rotatable bonds is 2. The Morgan fingerprint density at radius 1 is 1.10 bits per heavy atom. The molecule has 1 heterocycles. The number of aryl methyl sites for hydroxylation is 4. The number of fused-ring (bicyclic) bond motifs is 1. The van der Waals surface area contributed by atoms with E-state index in [-0.39, 0.29) is 12.0 Å². The summed E-state index contributed by atoms with van der Waals surface area (Å²) in [4.78, 5) is 12.4. The van der Waals surface area contributed by atoms with Gasteiger partial charge in [-0.1, -0.05) is 12.1 Å². The Kier molecular flexibility index (Phi) is 3.04. The molecular formula is C15H19N5. The monoisotopic (exact) mass is 269 g/mol. The Morgan fingerprint density at radius 2 is 1.85 bits per heavy atom. The highest BCUT2D eigenvalue weighted by Crippen LogP contribution is 2.34. The van der Waals surface area contributed by atoms with Gasteiger partial charge in [-0.2, -0.15) is 15.0 Å². The summed E-state index contributed by atoms with van der Waals surface area (Å²) in [5.41, 5.74) is 11.1. The van der Waals surface area contributed by atoms with E-state index in [9.17, 15) is 0 Å². The summed E-state index contributed by atoms with van der Waals surface area (Å²) in [5.74, 6) is 1.46. The van der Waals surface area contributed by atoms with E-state index in [4.69, 9.17) is 5.73 Å². The van der Waals surface area contributed by atoms with Crippen molar-refractivity contribution in [2.24, 2.45) is 0 Å². The molecule has 0 aliphatic heterocycles. The van der Waals surface area contributed by atoms with Gasteiger partial charge in [-0.05, 0) is 55.9 Å². The molecule has 1 atom stereocenters. The van der Waals surface area contributed by atoms with Crippen LogP contribution in [0.4, 0.5) is 11.9 Å². The third-order valence-corrected chi connectivity index (χ3v) is 3.90. The number of hydrogen-bond acceptors (Lipinski definition) is 5. The van der Waals surface area contributed by atoms with Crippen molar-refractivity contribution in [3.05, 3.63) is 40.2 Å². The summed E-state index contributed by atoms with van der Waals surface area (Å²) in [5, 5.41) is 3.38. The van der Waals surface area contributed by atoms with Crippen LogP contribution >= 0.6 is 0 Å². The molecule has 1 unspecified atom stereocenters. The van der Waals surface area contributed by atoms with E-state index in [0.717, 1.165) is 12.8 Å². The Labute approximate surface area is 118 Å². The van der Waals surface area contributed by atoms with Crippen molar-refractivity contribution in [1.29, 1.82) is 0 Å². The number of nitrogen functional groups attached to an aromatic ring is 1. The van der Waals surface area contributed by atoms with Crippen LogP contribution in [0.2, 0.25) is 0 Å². The van der Waals surface area contributed by atoms with Crippen molar-refractivity contribution in [3.63, 3.8) is 0 Å². The lowest BCUT2D eigenvalue weighted by atomic mass is 10.0. The van der Waals surface area contributed by atoms with Crippen LogP contribution in [-0.4, -0.2) is 15.0 Å². The van der Waals surface area contributed by atoms with Gasteiger partial charge in [0.2, 0.25) is 11.9 Å². The molecule has 5 heteroatoms. The van der Waals surface area contributed by atoms with E-state index >= 15 is 0 Å². The second-order valence-corrected chi connectivity index (χ2v) is 5.44. The molecule has 0 radical (unpaired) electrons. The zero-order valence-corrected chi connectivity index (χ0v) is 12.1. The van der Waals surface area contributed by atoms with E-state index in [1.807, 2.05) is 6.92 Å². The lowest BCUT2D eigenvalue weighted by Gasteiger charge is -2.15. The molecule has 0 saturated heterocycles. The minimum Gasteiger partial charge on any atom is -0.368 e. The van der Waals surface area contributed by atoms with Gasteiger partial charge in [-0.3, -0.25) is 0 Å². The molecule has 1 aromatic heterocycles. The molecular weight excluding hydrogens is 250 g/mol. The quantitative estimate of drug-likeness (QED) is 0.875. The van der Waals surface area contributed by atoms with Gasteiger partial charge >= 0.3 is 0 Å². The highest BCUT2D eigenvalue weighted by atomic mass is 15.2. The van der Waals surface area contributed by atoms with E-state index in [2.05, 4.69) is 46.2 Å². The van der Waals surface area contributed by atoms with Gasteiger partial charge < -0.3 is 11.1 Å². The molecule has 3 rings (SSSR count). The standard InChI is InChI=1S/C15H19N5/c1-8-6-11-4-5-13(12(11)7-9(8)2)19-15-18-10(3)17-14(16)20-15/h6-7,13H,4-5H2,1-3H3,(H3,16,17,18,19,20). The first-order chi connectivity index (χ1) is 9.52. The first-order valence-corrected chi connectivity index (χ1v) is 6.87. The van der Waals surface area contributed by atoms with Crippen LogP contribution in [-0.2, 0) is 6.42 Å². The normalized spacial score (nSPS) is 17.1. The van der Waals surface area contributed by atoms with Crippen molar-refractivity contribution in [2.75, 3.05) is 11.1 Å². The van der Waals surface area contributed by atoms with E-state index in [0.29, 0.717) is 11.8 Å². The third-order valence-electron chi connectivity index (χ3n) is 3.90. The van der Waals surface area contributed by atoms with Crippen molar-refractivity contribution < 1.29 is 0 Å². The number of hydrogen-bond donors (Lipinski definition) is 2. The minimum atomic E-state index is 0.255. The number of nitrogens with two attached hydrogens (primary N) is 1. The maximum atomic E-state index is 5.67. The smallest absolute Gasteiger partial charge is 0.228 e. The molecule has 0 spiro atoms. The highest BCUT2D eigenvalue weighted by molar-refractivity contribution is 5.45. The van der Waals surface area contributed by atoms with Gasteiger partial charge in [0.1, 0.15) is 5.82 Å². The predicted octanol–water partition coefficient (Wildman–Crippen LogP) is 2.48. The topological polar surface area (TPSA) is 76.7 Å². The van der Waals surface area contributed by atoms with Crippen LogP contribution in [0.1, 0.15) is 40.5 Å². The summed E-state index contributed by atoms with van der Waals surface area (Å²) in [6, 6.07) is 4.82. The van der Waals surface area contributed by atoms with Gasteiger partial charge in [-0.25, -0.2) is 0 Å². The second-order valence-electron chi connectivity index (χ2n) is 5.44. The van der Waals surface area contributed by atoms with Crippen LogP contribution in [0.5, 0.6) is 0 Å². The van der Waals surface area contributed by atoms with Crippen LogP contribution in [0.3, 0.4) is 0 Å². The van der Waals surface area contributed by atoms with Crippen molar-refractivity contribution >= 4 is 11.9 Å². The Hall–Kier alpha value is -2.17. The average Bonchev–Trinajstić information content (AvgIpc) is 2.71. The molecule has 2 aromatic rings. The van der Waals surface area contributed by atoms with E-state index in [1.165, 1.54) is 22.3 Å². The molecule has 0 fully saturated rings. The largest absolute Gasteiger partial charge is 0.368 e. The summed E-state index contributed by atoms with van der Waals surface area (Å²) in [7, 11) is 0. The molecule has 104 valence electrons. The van der Waals surface area contributed by atoms with Gasteiger partial charge in [0.25, 0.3) is 0 Å². The summed E-state index contributed by atoms with van der Waals surface area (Å²) < 4.78 is 0. The number of benzene rings is 1. The number of aromatic nitrogens is 3. The summed E-state index contributed by atoms with van der Waals surface area (Å²) >= 11 is 0. The number of nitrogens with zero attached hydrogens (tertiary/aromatic N) is 3. The van der Waals surface area contributed by atoms with Crippen molar-refractivity contribution in [2.45, 2.75) is 39.7 Å². The fourth-order valence-electron chi connectivity index (χ4n) is 2.77. The van der Waals surface area contributed by atoms with Crippen molar-refractivity contribution in [3.8, 4) is 0 Å². The fourth-order valence-corrected chi connectivity index (χ4v) is 2.77. The average molecular weight is 269 g/mol. The molecule has 0 amide bonds. The van der Waals surface area contributed by atoms with Gasteiger partial charge in [0.05, 0.1) is 6.04 Å². The molecule has 1 aliphatic carbocycles. The predicted molar refractivity (Wildman–Crippen MR) is 79.6 cm³/mol. The molecule has 1 aliphatic rings. The highest BCUT2D eigenvalue weighted by Gasteiger charge is 2.23. The number of anilines is 2. The maximum Gasteiger partial charge on any atom is 0.228 e. The minimum absolute atomic E-state index is 0.255. The van der Waals surface area contributed by atoms with Gasteiger partial charge in [-0.15, -0.1) is 0 Å². The van der Waals surface area contributed by atoms with Gasteiger partial charge in [0.15, 0.2) is 0 Å². The van der Waals surface area contributed by atoms with Crippen LogP contribution in [0.15, 0.2) is 12.1 Å². The molecule has 0 saturated carbocycles. The van der Waals surface area contributed by atoms with Crippen LogP contribution in [0.25, 0.3) is 0 Å². The van der Waals surface area contributed by atoms with Crippen LogP contribution in [0, 0.1) is 20.8 Å². The Balaban J connectivity index is 1.90. The summed E-state index contributed by atoms with van der Waals surface area (Å²) in [6.45, 7) is 6.13. The van der Waals surface area contributed by atoms with E-state index < -0.39 is 0 Å². The molecule has 3 N–H and O–H groups in total. The second kappa shape index (κ2) is 4.74. The fraction of sp³-hybridized carbons (Fsp3) is 0.400. The SMILES string of the molecule is Cc1nc(N)nc(NC2CCc3cc(C)c(C)cc32)n1. The van der Waals surface area contributed by atoms with Crippen molar-refractivity contribution in [1.82, 2.24) is 15.0 Å². The molecule has 0 bridgehead atoms. The van der Waals surface area contributed by atoms with E-state index in [1.54, 1.807) is 0 Å². The molecule has 20 heavy (non-hydrogen) atoms.